The number of carbonyl (C=O) groups excluding carboxylic acids is 1. The molecule has 0 fully saturated rings. The second kappa shape index (κ2) is 9.26. The number of carbonyl (C=O) groups is 1. The van der Waals surface area contributed by atoms with Gasteiger partial charge in [-0.25, -0.2) is 5.48 Å². The Kier molecular flexibility index (Phi) is 6.08. The molecule has 6 nitrogen and oxygen atoms in total. The van der Waals surface area contributed by atoms with E-state index >= 15 is 0 Å². The Morgan fingerprint density at radius 1 is 1.07 bits per heavy atom. The van der Waals surface area contributed by atoms with Gasteiger partial charge < -0.3 is 14.7 Å². The first kappa shape index (κ1) is 19.7. The predicted molar refractivity (Wildman–Crippen MR) is 117 cm³/mol. The van der Waals surface area contributed by atoms with Crippen molar-refractivity contribution in [2.75, 3.05) is 6.54 Å². The first-order valence-electron chi connectivity index (χ1n) is 9.80. The molecule has 4 N–H and O–H groups in total. The van der Waals surface area contributed by atoms with E-state index in [-0.39, 0.29) is 0 Å². The minimum atomic E-state index is -0.549. The molecule has 2 aromatic heterocycles. The number of furan rings is 1. The third-order valence-corrected chi connectivity index (χ3v) is 4.98. The number of hydroxylamine groups is 1. The summed E-state index contributed by atoms with van der Waals surface area (Å²) < 4.78 is 5.62. The van der Waals surface area contributed by atoms with Crippen LogP contribution in [-0.2, 0) is 17.8 Å². The lowest BCUT2D eigenvalue weighted by Gasteiger charge is -2.07. The van der Waals surface area contributed by atoms with Crippen LogP contribution in [-0.4, -0.2) is 22.6 Å². The number of para-hydroxylation sites is 1. The van der Waals surface area contributed by atoms with Crippen molar-refractivity contribution in [3.05, 3.63) is 89.7 Å². The van der Waals surface area contributed by atoms with Crippen LogP contribution < -0.4 is 10.8 Å². The number of aromatic amines is 1. The molecule has 0 aliphatic carbocycles. The highest BCUT2D eigenvalue weighted by Gasteiger charge is 2.14. The quantitative estimate of drug-likeness (QED) is 0.154. The van der Waals surface area contributed by atoms with Crippen molar-refractivity contribution in [1.29, 1.82) is 0 Å². The number of amides is 1. The molecule has 0 unspecified atom stereocenters. The van der Waals surface area contributed by atoms with Crippen LogP contribution in [0.3, 0.4) is 0 Å². The maximum absolute atomic E-state index is 11.0. The molecule has 0 aliphatic heterocycles. The SMILES string of the molecule is O=C(/C=C/c1ccc(CNCCc2c(-c3ccco3)[nH]c3ccccc23)cc1)NO. The summed E-state index contributed by atoms with van der Waals surface area (Å²) >= 11 is 0. The molecule has 0 radical (unpaired) electrons. The fraction of sp³-hybridized carbons (Fsp3) is 0.125. The molecule has 1 amide bonds. The van der Waals surface area contributed by atoms with Gasteiger partial charge in [0.15, 0.2) is 0 Å². The number of hydrogen-bond donors (Lipinski definition) is 4. The molecular weight excluding hydrogens is 378 g/mol. The number of fused-ring (bicyclic) bond motifs is 1. The van der Waals surface area contributed by atoms with Gasteiger partial charge in [0.1, 0.15) is 5.76 Å². The molecule has 0 spiro atoms. The highest BCUT2D eigenvalue weighted by atomic mass is 16.5. The zero-order chi connectivity index (χ0) is 20.8. The third kappa shape index (κ3) is 4.51. The normalized spacial score (nSPS) is 11.4. The number of benzene rings is 2. The van der Waals surface area contributed by atoms with E-state index in [4.69, 9.17) is 9.62 Å². The second-order valence-corrected chi connectivity index (χ2v) is 6.98. The van der Waals surface area contributed by atoms with Crippen molar-refractivity contribution >= 4 is 22.9 Å². The molecule has 0 aliphatic rings. The van der Waals surface area contributed by atoms with Gasteiger partial charge in [0.2, 0.25) is 0 Å². The van der Waals surface area contributed by atoms with Crippen molar-refractivity contribution in [2.24, 2.45) is 0 Å². The minimum absolute atomic E-state index is 0.549. The smallest absolute Gasteiger partial charge is 0.267 e. The van der Waals surface area contributed by atoms with E-state index < -0.39 is 5.91 Å². The lowest BCUT2D eigenvalue weighted by molar-refractivity contribution is -0.124. The first-order chi connectivity index (χ1) is 14.7. The van der Waals surface area contributed by atoms with Gasteiger partial charge in [-0.3, -0.25) is 10.0 Å². The molecule has 0 saturated carbocycles. The number of hydrogen-bond acceptors (Lipinski definition) is 4. The highest BCUT2D eigenvalue weighted by molar-refractivity contribution is 5.91. The van der Waals surface area contributed by atoms with E-state index in [0.717, 1.165) is 47.6 Å². The Hall–Kier alpha value is -3.61. The second-order valence-electron chi connectivity index (χ2n) is 6.98. The Balaban J connectivity index is 1.38. The van der Waals surface area contributed by atoms with E-state index in [9.17, 15) is 4.79 Å². The fourth-order valence-corrected chi connectivity index (χ4v) is 3.49. The largest absolute Gasteiger partial charge is 0.463 e. The molecule has 30 heavy (non-hydrogen) atoms. The van der Waals surface area contributed by atoms with Crippen LogP contribution in [0.4, 0.5) is 0 Å². The van der Waals surface area contributed by atoms with Crippen LogP contribution in [0.1, 0.15) is 16.7 Å². The van der Waals surface area contributed by atoms with Gasteiger partial charge in [-0.2, -0.15) is 0 Å². The monoisotopic (exact) mass is 401 g/mol. The summed E-state index contributed by atoms with van der Waals surface area (Å²) in [5.41, 5.74) is 7.01. The number of rotatable bonds is 8. The number of aromatic nitrogens is 1. The molecule has 4 aromatic rings. The molecule has 6 heteroatoms. The van der Waals surface area contributed by atoms with E-state index in [1.807, 2.05) is 42.5 Å². The molecule has 0 bridgehead atoms. The summed E-state index contributed by atoms with van der Waals surface area (Å²) in [7, 11) is 0. The summed E-state index contributed by atoms with van der Waals surface area (Å²) in [6.45, 7) is 1.58. The minimum Gasteiger partial charge on any atom is -0.463 e. The van der Waals surface area contributed by atoms with Gasteiger partial charge >= 0.3 is 0 Å². The van der Waals surface area contributed by atoms with Gasteiger partial charge in [0, 0.05) is 23.5 Å². The van der Waals surface area contributed by atoms with Gasteiger partial charge in [-0.15, -0.1) is 0 Å². The molecule has 2 heterocycles. The first-order valence-corrected chi connectivity index (χ1v) is 9.80. The van der Waals surface area contributed by atoms with Crippen LogP contribution >= 0.6 is 0 Å². The van der Waals surface area contributed by atoms with Crippen molar-refractivity contribution in [1.82, 2.24) is 15.8 Å². The molecule has 0 saturated heterocycles. The molecule has 152 valence electrons. The van der Waals surface area contributed by atoms with E-state index in [1.54, 1.807) is 17.8 Å². The van der Waals surface area contributed by atoms with Crippen LogP contribution in [0.2, 0.25) is 0 Å². The maximum atomic E-state index is 11.0. The average Bonchev–Trinajstić information content (AvgIpc) is 3.44. The third-order valence-electron chi connectivity index (χ3n) is 4.98. The van der Waals surface area contributed by atoms with Crippen LogP contribution in [0.15, 0.2) is 77.4 Å². The molecule has 4 rings (SSSR count). The van der Waals surface area contributed by atoms with Crippen LogP contribution in [0.25, 0.3) is 28.4 Å². The maximum Gasteiger partial charge on any atom is 0.267 e. The van der Waals surface area contributed by atoms with Crippen LogP contribution in [0.5, 0.6) is 0 Å². The lowest BCUT2D eigenvalue weighted by Crippen LogP contribution is -2.16. The topological polar surface area (TPSA) is 90.3 Å². The zero-order valence-electron chi connectivity index (χ0n) is 16.4. The van der Waals surface area contributed by atoms with Crippen molar-refractivity contribution in [2.45, 2.75) is 13.0 Å². The summed E-state index contributed by atoms with van der Waals surface area (Å²) in [6.07, 6.45) is 5.50. The standard InChI is InChI=1S/C24H23N3O3/c28-23(27-29)12-11-17-7-9-18(10-8-17)16-25-14-13-20-19-4-1-2-5-21(19)26-24(20)22-6-3-15-30-22/h1-12,15,25-26,29H,13-14,16H2,(H,27,28)/b12-11+. The van der Waals surface area contributed by atoms with Gasteiger partial charge in [-0.05, 0) is 53.9 Å². The lowest BCUT2D eigenvalue weighted by atomic mass is 10.1. The molecular formula is C24H23N3O3. The number of nitrogens with one attached hydrogen (secondary N) is 3. The summed E-state index contributed by atoms with van der Waals surface area (Å²) in [5.74, 6) is 0.298. The van der Waals surface area contributed by atoms with Crippen molar-refractivity contribution < 1.29 is 14.4 Å². The Labute approximate surface area is 174 Å². The van der Waals surface area contributed by atoms with E-state index in [2.05, 4.69) is 28.5 Å². The molecule has 0 atom stereocenters. The number of H-pyrrole nitrogens is 1. The average molecular weight is 401 g/mol. The van der Waals surface area contributed by atoms with Crippen LogP contribution in [0, 0.1) is 0 Å². The van der Waals surface area contributed by atoms with E-state index in [0.29, 0.717) is 0 Å². The van der Waals surface area contributed by atoms with Gasteiger partial charge in [0.25, 0.3) is 5.91 Å². The Morgan fingerprint density at radius 3 is 2.67 bits per heavy atom. The molecule has 2 aromatic carbocycles. The predicted octanol–water partition coefficient (Wildman–Crippen LogP) is 4.28. The van der Waals surface area contributed by atoms with Gasteiger partial charge in [0.05, 0.1) is 12.0 Å². The summed E-state index contributed by atoms with van der Waals surface area (Å²) in [5, 5.41) is 13.2. The highest BCUT2D eigenvalue weighted by Crippen LogP contribution is 2.30. The summed E-state index contributed by atoms with van der Waals surface area (Å²) in [6, 6.07) is 20.1. The Morgan fingerprint density at radius 2 is 1.90 bits per heavy atom. The van der Waals surface area contributed by atoms with Crippen molar-refractivity contribution in [3.63, 3.8) is 0 Å². The van der Waals surface area contributed by atoms with Crippen molar-refractivity contribution in [3.8, 4) is 11.5 Å². The summed E-state index contributed by atoms with van der Waals surface area (Å²) in [4.78, 5) is 14.5. The van der Waals surface area contributed by atoms with Gasteiger partial charge in [-0.1, -0.05) is 42.5 Å². The zero-order valence-corrected chi connectivity index (χ0v) is 16.4. The fourth-order valence-electron chi connectivity index (χ4n) is 3.49. The van der Waals surface area contributed by atoms with E-state index in [1.165, 1.54) is 17.0 Å². The Bertz CT molecular complexity index is 1140.